The van der Waals surface area contributed by atoms with Gasteiger partial charge < -0.3 is 9.72 Å². The van der Waals surface area contributed by atoms with E-state index in [-0.39, 0.29) is 0 Å². The molecule has 0 aliphatic heterocycles. The summed E-state index contributed by atoms with van der Waals surface area (Å²) in [6.45, 7) is 2.10. The van der Waals surface area contributed by atoms with Crippen molar-refractivity contribution in [3.63, 3.8) is 0 Å². The molecule has 3 aromatic rings. The molecule has 0 atom stereocenters. The van der Waals surface area contributed by atoms with Crippen LogP contribution < -0.4 is 5.32 Å². The van der Waals surface area contributed by atoms with Crippen LogP contribution in [0.2, 0.25) is 0 Å². The molecule has 0 spiro atoms. The number of rotatable bonds is 2. The summed E-state index contributed by atoms with van der Waals surface area (Å²) in [6, 6.07) is 12.5. The van der Waals surface area contributed by atoms with Crippen LogP contribution in [0.1, 0.15) is 5.56 Å². The minimum Gasteiger partial charge on any atom is -0.388 e. The second-order valence-electron chi connectivity index (χ2n) is 4.43. The first-order chi connectivity index (χ1) is 8.76. The van der Waals surface area contributed by atoms with Crippen LogP contribution in [-0.4, -0.2) is 16.4 Å². The van der Waals surface area contributed by atoms with E-state index in [2.05, 4.69) is 47.7 Å². The SMILES string of the molecule is CNc1ccn2cc(-c3cccc(C)c3)nc2c1. The molecule has 3 heteroatoms. The summed E-state index contributed by atoms with van der Waals surface area (Å²) in [5.74, 6) is 0. The van der Waals surface area contributed by atoms with Crippen molar-refractivity contribution in [3.05, 3.63) is 54.4 Å². The highest BCUT2D eigenvalue weighted by atomic mass is 15.0. The zero-order valence-electron chi connectivity index (χ0n) is 10.5. The molecule has 0 fully saturated rings. The number of imidazole rings is 1. The summed E-state index contributed by atoms with van der Waals surface area (Å²) >= 11 is 0. The van der Waals surface area contributed by atoms with Crippen LogP contribution in [0.15, 0.2) is 48.8 Å². The lowest BCUT2D eigenvalue weighted by molar-refractivity contribution is 1.18. The van der Waals surface area contributed by atoms with Gasteiger partial charge in [-0.1, -0.05) is 23.8 Å². The highest BCUT2D eigenvalue weighted by Crippen LogP contribution is 2.21. The van der Waals surface area contributed by atoms with Gasteiger partial charge in [0.05, 0.1) is 5.69 Å². The number of pyridine rings is 1. The molecule has 2 aromatic heterocycles. The minimum absolute atomic E-state index is 0.957. The summed E-state index contributed by atoms with van der Waals surface area (Å²) < 4.78 is 2.04. The third-order valence-corrected chi connectivity index (χ3v) is 3.06. The van der Waals surface area contributed by atoms with Crippen molar-refractivity contribution in [1.82, 2.24) is 9.38 Å². The maximum Gasteiger partial charge on any atom is 0.139 e. The zero-order chi connectivity index (χ0) is 12.5. The second kappa shape index (κ2) is 4.18. The van der Waals surface area contributed by atoms with E-state index in [9.17, 15) is 0 Å². The molecule has 0 aliphatic rings. The van der Waals surface area contributed by atoms with Gasteiger partial charge in [-0.15, -0.1) is 0 Å². The fraction of sp³-hybridized carbons (Fsp3) is 0.133. The Labute approximate surface area is 106 Å². The fourth-order valence-electron chi connectivity index (χ4n) is 2.08. The van der Waals surface area contributed by atoms with Gasteiger partial charge in [0.15, 0.2) is 0 Å². The first-order valence-corrected chi connectivity index (χ1v) is 6.00. The van der Waals surface area contributed by atoms with Crippen molar-refractivity contribution >= 4 is 11.3 Å². The Balaban J connectivity index is 2.13. The lowest BCUT2D eigenvalue weighted by atomic mass is 10.1. The molecular weight excluding hydrogens is 222 g/mol. The van der Waals surface area contributed by atoms with E-state index in [1.165, 1.54) is 5.56 Å². The predicted octanol–water partition coefficient (Wildman–Crippen LogP) is 3.35. The van der Waals surface area contributed by atoms with Crippen LogP contribution in [0.25, 0.3) is 16.9 Å². The number of nitrogens with zero attached hydrogens (tertiary/aromatic N) is 2. The minimum atomic E-state index is 0.957. The molecule has 18 heavy (non-hydrogen) atoms. The summed E-state index contributed by atoms with van der Waals surface area (Å²) in [4.78, 5) is 4.66. The van der Waals surface area contributed by atoms with Gasteiger partial charge in [0.2, 0.25) is 0 Å². The topological polar surface area (TPSA) is 29.3 Å². The van der Waals surface area contributed by atoms with Crippen molar-refractivity contribution in [2.75, 3.05) is 12.4 Å². The Hall–Kier alpha value is -2.29. The maximum absolute atomic E-state index is 4.66. The van der Waals surface area contributed by atoms with Gasteiger partial charge >= 0.3 is 0 Å². The van der Waals surface area contributed by atoms with E-state index < -0.39 is 0 Å². The summed E-state index contributed by atoms with van der Waals surface area (Å²) in [5.41, 5.74) is 5.44. The Bertz CT molecular complexity index is 698. The molecule has 3 rings (SSSR count). The van der Waals surface area contributed by atoms with E-state index >= 15 is 0 Å². The van der Waals surface area contributed by atoms with Gasteiger partial charge in [0, 0.05) is 36.8 Å². The van der Waals surface area contributed by atoms with E-state index in [4.69, 9.17) is 0 Å². The van der Waals surface area contributed by atoms with Crippen LogP contribution >= 0.6 is 0 Å². The van der Waals surface area contributed by atoms with Crippen LogP contribution in [0.5, 0.6) is 0 Å². The normalized spacial score (nSPS) is 10.8. The summed E-state index contributed by atoms with van der Waals surface area (Å²) in [7, 11) is 1.91. The van der Waals surface area contributed by atoms with Crippen molar-refractivity contribution < 1.29 is 0 Å². The zero-order valence-corrected chi connectivity index (χ0v) is 10.5. The van der Waals surface area contributed by atoms with E-state index in [1.807, 2.05) is 29.8 Å². The molecule has 1 N–H and O–H groups in total. The number of benzene rings is 1. The van der Waals surface area contributed by atoms with Crippen LogP contribution in [0, 0.1) is 6.92 Å². The van der Waals surface area contributed by atoms with Crippen LogP contribution in [0.4, 0.5) is 5.69 Å². The van der Waals surface area contributed by atoms with Gasteiger partial charge in [0.1, 0.15) is 5.65 Å². The van der Waals surface area contributed by atoms with Crippen molar-refractivity contribution in [1.29, 1.82) is 0 Å². The predicted molar refractivity (Wildman–Crippen MR) is 74.9 cm³/mol. The lowest BCUT2D eigenvalue weighted by Gasteiger charge is -1.98. The monoisotopic (exact) mass is 237 g/mol. The third kappa shape index (κ3) is 1.84. The van der Waals surface area contributed by atoms with Crippen LogP contribution in [0.3, 0.4) is 0 Å². The Kier molecular flexibility index (Phi) is 2.52. The Morgan fingerprint density at radius 3 is 2.83 bits per heavy atom. The van der Waals surface area contributed by atoms with E-state index in [0.717, 1.165) is 22.6 Å². The quantitative estimate of drug-likeness (QED) is 0.740. The van der Waals surface area contributed by atoms with Gasteiger partial charge in [-0.3, -0.25) is 0 Å². The number of fused-ring (bicyclic) bond motifs is 1. The number of aromatic nitrogens is 2. The summed E-state index contributed by atoms with van der Waals surface area (Å²) in [5, 5.41) is 3.12. The average Bonchev–Trinajstić information content (AvgIpc) is 2.81. The van der Waals surface area contributed by atoms with Gasteiger partial charge in [-0.25, -0.2) is 4.98 Å². The highest BCUT2D eigenvalue weighted by molar-refractivity contribution is 5.65. The Morgan fingerprint density at radius 2 is 2.06 bits per heavy atom. The molecular formula is C15H15N3. The third-order valence-electron chi connectivity index (χ3n) is 3.06. The number of hydrogen-bond acceptors (Lipinski definition) is 2. The summed E-state index contributed by atoms with van der Waals surface area (Å²) in [6.07, 6.45) is 4.08. The first kappa shape index (κ1) is 10.8. The van der Waals surface area contributed by atoms with Crippen molar-refractivity contribution in [3.8, 4) is 11.3 Å². The highest BCUT2D eigenvalue weighted by Gasteiger charge is 2.04. The maximum atomic E-state index is 4.66. The van der Waals surface area contributed by atoms with Gasteiger partial charge in [0.25, 0.3) is 0 Å². The van der Waals surface area contributed by atoms with Gasteiger partial charge in [-0.05, 0) is 19.1 Å². The molecule has 90 valence electrons. The molecule has 0 unspecified atom stereocenters. The Morgan fingerprint density at radius 1 is 1.17 bits per heavy atom. The molecule has 0 aliphatic carbocycles. The first-order valence-electron chi connectivity index (χ1n) is 6.00. The molecule has 0 saturated carbocycles. The van der Waals surface area contributed by atoms with E-state index in [0.29, 0.717) is 0 Å². The molecule has 0 saturated heterocycles. The molecule has 3 nitrogen and oxygen atoms in total. The van der Waals surface area contributed by atoms with Gasteiger partial charge in [-0.2, -0.15) is 0 Å². The molecule has 0 radical (unpaired) electrons. The molecule has 1 aromatic carbocycles. The standard InChI is InChI=1S/C15H15N3/c1-11-4-3-5-12(8-11)14-10-18-7-6-13(16-2)9-15(18)17-14/h3-10,16H,1-2H3. The number of hydrogen-bond donors (Lipinski definition) is 1. The second-order valence-corrected chi connectivity index (χ2v) is 4.43. The number of nitrogens with one attached hydrogen (secondary N) is 1. The van der Waals surface area contributed by atoms with Crippen molar-refractivity contribution in [2.45, 2.75) is 6.92 Å². The lowest BCUT2D eigenvalue weighted by Crippen LogP contribution is -1.89. The smallest absolute Gasteiger partial charge is 0.139 e. The largest absolute Gasteiger partial charge is 0.388 e. The number of anilines is 1. The fourth-order valence-corrected chi connectivity index (χ4v) is 2.08. The average molecular weight is 237 g/mol. The molecule has 2 heterocycles. The van der Waals surface area contributed by atoms with E-state index in [1.54, 1.807) is 0 Å². The molecule has 0 amide bonds. The number of aryl methyl sites for hydroxylation is 1. The molecule has 0 bridgehead atoms. The van der Waals surface area contributed by atoms with Crippen molar-refractivity contribution in [2.24, 2.45) is 0 Å². The van der Waals surface area contributed by atoms with Crippen LogP contribution in [-0.2, 0) is 0 Å².